The lowest BCUT2D eigenvalue weighted by molar-refractivity contribution is -0.142. The van der Waals surface area contributed by atoms with Crippen LogP contribution < -0.4 is 0 Å². The highest BCUT2D eigenvalue weighted by Gasteiger charge is 2.15. The molecule has 0 aromatic heterocycles. The molecule has 0 N–H and O–H groups in total. The Hall–Kier alpha value is -0.940. The van der Waals surface area contributed by atoms with E-state index in [1.165, 1.54) is 13.2 Å². The van der Waals surface area contributed by atoms with Gasteiger partial charge in [0.05, 0.1) is 18.1 Å². The number of carbonyl (C=O) groups excluding carboxylic acids is 1. The van der Waals surface area contributed by atoms with Crippen molar-refractivity contribution >= 4 is 21.9 Å². The van der Waals surface area contributed by atoms with Crippen LogP contribution in [-0.4, -0.2) is 30.6 Å². The van der Waals surface area contributed by atoms with E-state index in [0.717, 1.165) is 5.56 Å². The maximum absolute atomic E-state index is 13.1. The Kier molecular flexibility index (Phi) is 5.75. The summed E-state index contributed by atoms with van der Waals surface area (Å²) in [6.45, 7) is 4.80. The van der Waals surface area contributed by atoms with Gasteiger partial charge in [0.15, 0.2) is 0 Å². The minimum absolute atomic E-state index is 0.202. The summed E-state index contributed by atoms with van der Waals surface area (Å²) >= 11 is 3.15. The first kappa shape index (κ1) is 15.1. The van der Waals surface area contributed by atoms with Crippen LogP contribution >= 0.6 is 15.9 Å². The maximum atomic E-state index is 13.1. The Labute approximate surface area is 115 Å². The molecule has 0 saturated carbocycles. The highest BCUT2D eigenvalue weighted by atomic mass is 79.9. The number of hydrogen-bond donors (Lipinski definition) is 0. The molecule has 0 amide bonds. The summed E-state index contributed by atoms with van der Waals surface area (Å²) in [4.78, 5) is 13.3. The van der Waals surface area contributed by atoms with E-state index >= 15 is 0 Å². The highest BCUT2D eigenvalue weighted by Crippen LogP contribution is 2.18. The fourth-order valence-corrected chi connectivity index (χ4v) is 1.95. The van der Waals surface area contributed by atoms with Crippen molar-refractivity contribution in [2.45, 2.75) is 26.4 Å². The van der Waals surface area contributed by atoms with E-state index in [9.17, 15) is 9.18 Å². The lowest BCUT2D eigenvalue weighted by Gasteiger charge is -2.25. The summed E-state index contributed by atoms with van der Waals surface area (Å²) in [6.07, 6.45) is 0. The van der Waals surface area contributed by atoms with E-state index in [1.807, 2.05) is 18.7 Å². The molecule has 3 nitrogen and oxygen atoms in total. The monoisotopic (exact) mass is 317 g/mol. The van der Waals surface area contributed by atoms with Crippen LogP contribution in [0, 0.1) is 5.82 Å². The summed E-state index contributed by atoms with van der Waals surface area (Å²) in [6, 6.07) is 5.05. The normalized spacial score (nSPS) is 11.1. The highest BCUT2D eigenvalue weighted by molar-refractivity contribution is 9.10. The first-order valence-electron chi connectivity index (χ1n) is 5.68. The number of hydrogen-bond acceptors (Lipinski definition) is 3. The minimum atomic E-state index is -0.289. The molecule has 1 aromatic rings. The minimum Gasteiger partial charge on any atom is -0.468 e. The number of benzene rings is 1. The van der Waals surface area contributed by atoms with Gasteiger partial charge < -0.3 is 4.74 Å². The van der Waals surface area contributed by atoms with E-state index in [-0.39, 0.29) is 24.4 Å². The van der Waals surface area contributed by atoms with Gasteiger partial charge in [-0.1, -0.05) is 6.07 Å². The van der Waals surface area contributed by atoms with Crippen molar-refractivity contribution < 1.29 is 13.9 Å². The zero-order valence-electron chi connectivity index (χ0n) is 10.7. The van der Waals surface area contributed by atoms with Gasteiger partial charge in [-0.3, -0.25) is 9.69 Å². The predicted molar refractivity (Wildman–Crippen MR) is 71.7 cm³/mol. The first-order valence-corrected chi connectivity index (χ1v) is 6.48. The molecule has 0 bridgehead atoms. The fourth-order valence-electron chi connectivity index (χ4n) is 1.52. The third-order valence-electron chi connectivity index (χ3n) is 2.66. The standard InChI is InChI=1S/C13H17BrFNO2/c1-9(2)16(8-13(17)18-3)7-10-4-5-12(15)11(14)6-10/h4-6,9H,7-8H2,1-3H3. The Morgan fingerprint density at radius 2 is 2.17 bits per heavy atom. The molecule has 0 heterocycles. The van der Waals surface area contributed by atoms with Gasteiger partial charge in [0.2, 0.25) is 0 Å². The van der Waals surface area contributed by atoms with Crippen LogP contribution in [0.4, 0.5) is 4.39 Å². The number of ether oxygens (including phenoxy) is 1. The van der Waals surface area contributed by atoms with E-state index in [4.69, 9.17) is 0 Å². The third-order valence-corrected chi connectivity index (χ3v) is 3.27. The summed E-state index contributed by atoms with van der Waals surface area (Å²) in [5.41, 5.74) is 0.945. The molecule has 0 aliphatic rings. The molecule has 0 fully saturated rings. The van der Waals surface area contributed by atoms with E-state index < -0.39 is 0 Å². The number of halogens is 2. The molecule has 1 rings (SSSR count). The van der Waals surface area contributed by atoms with Crippen molar-refractivity contribution in [1.29, 1.82) is 0 Å². The van der Waals surface area contributed by atoms with Crippen LogP contribution in [0.25, 0.3) is 0 Å². The topological polar surface area (TPSA) is 29.5 Å². The quantitative estimate of drug-likeness (QED) is 0.782. The third kappa shape index (κ3) is 4.38. The van der Waals surface area contributed by atoms with Crippen molar-refractivity contribution in [1.82, 2.24) is 4.90 Å². The van der Waals surface area contributed by atoms with Crippen LogP contribution in [0.15, 0.2) is 22.7 Å². The molecule has 1 aromatic carbocycles. The Morgan fingerprint density at radius 3 is 2.67 bits per heavy atom. The van der Waals surface area contributed by atoms with Gasteiger partial charge >= 0.3 is 5.97 Å². The van der Waals surface area contributed by atoms with Crippen LogP contribution in [0.1, 0.15) is 19.4 Å². The Morgan fingerprint density at radius 1 is 1.50 bits per heavy atom. The lowest BCUT2D eigenvalue weighted by atomic mass is 10.2. The molecule has 0 aliphatic heterocycles. The van der Waals surface area contributed by atoms with Crippen LogP contribution in [-0.2, 0) is 16.1 Å². The average Bonchev–Trinajstić information content (AvgIpc) is 2.32. The number of rotatable bonds is 5. The molecule has 18 heavy (non-hydrogen) atoms. The van der Waals surface area contributed by atoms with Gasteiger partial charge in [0, 0.05) is 12.6 Å². The smallest absolute Gasteiger partial charge is 0.319 e. The number of esters is 1. The van der Waals surface area contributed by atoms with Crippen LogP contribution in [0.2, 0.25) is 0 Å². The molecular weight excluding hydrogens is 301 g/mol. The van der Waals surface area contributed by atoms with Crippen LogP contribution in [0.5, 0.6) is 0 Å². The molecule has 0 unspecified atom stereocenters. The summed E-state index contributed by atoms with van der Waals surface area (Å²) in [5.74, 6) is -0.562. The average molecular weight is 318 g/mol. The van der Waals surface area contributed by atoms with Gasteiger partial charge in [0.25, 0.3) is 0 Å². The van der Waals surface area contributed by atoms with Crippen molar-refractivity contribution in [3.05, 3.63) is 34.1 Å². The summed E-state index contributed by atoms with van der Waals surface area (Å²) in [7, 11) is 1.37. The number of methoxy groups -OCH3 is 1. The predicted octanol–water partition coefficient (Wildman–Crippen LogP) is 2.97. The van der Waals surface area contributed by atoms with Gasteiger partial charge in [-0.25, -0.2) is 4.39 Å². The number of carbonyl (C=O) groups is 1. The van der Waals surface area contributed by atoms with Crippen LogP contribution in [0.3, 0.4) is 0 Å². The molecule has 0 aliphatic carbocycles. The zero-order chi connectivity index (χ0) is 13.7. The van der Waals surface area contributed by atoms with Gasteiger partial charge in [-0.15, -0.1) is 0 Å². The zero-order valence-corrected chi connectivity index (χ0v) is 12.3. The second-order valence-corrected chi connectivity index (χ2v) is 5.18. The van der Waals surface area contributed by atoms with E-state index in [2.05, 4.69) is 20.7 Å². The summed E-state index contributed by atoms with van der Waals surface area (Å²) < 4.78 is 18.2. The second kappa shape index (κ2) is 6.85. The largest absolute Gasteiger partial charge is 0.468 e. The molecule has 0 radical (unpaired) electrons. The van der Waals surface area contributed by atoms with Gasteiger partial charge in [-0.05, 0) is 47.5 Å². The van der Waals surface area contributed by atoms with Crippen molar-refractivity contribution in [2.75, 3.05) is 13.7 Å². The SMILES string of the molecule is COC(=O)CN(Cc1ccc(F)c(Br)c1)C(C)C. The fraction of sp³-hybridized carbons (Fsp3) is 0.462. The van der Waals surface area contributed by atoms with Crippen molar-refractivity contribution in [3.63, 3.8) is 0 Å². The molecule has 5 heteroatoms. The molecule has 0 saturated heterocycles. The van der Waals surface area contributed by atoms with Crippen molar-refractivity contribution in [3.8, 4) is 0 Å². The molecule has 0 spiro atoms. The molecular formula is C13H17BrFNO2. The Bertz CT molecular complexity index is 423. The summed E-state index contributed by atoms with van der Waals surface area (Å²) in [5, 5.41) is 0. The number of nitrogens with zero attached hydrogens (tertiary/aromatic N) is 1. The van der Waals surface area contributed by atoms with Gasteiger partial charge in [0.1, 0.15) is 5.82 Å². The molecule has 100 valence electrons. The first-order chi connectivity index (χ1) is 8.43. The molecule has 0 atom stereocenters. The van der Waals surface area contributed by atoms with E-state index in [0.29, 0.717) is 11.0 Å². The van der Waals surface area contributed by atoms with Crippen molar-refractivity contribution in [2.24, 2.45) is 0 Å². The lowest BCUT2D eigenvalue weighted by Crippen LogP contribution is -2.35. The maximum Gasteiger partial charge on any atom is 0.319 e. The van der Waals surface area contributed by atoms with E-state index in [1.54, 1.807) is 12.1 Å². The second-order valence-electron chi connectivity index (χ2n) is 4.32. The Balaban J connectivity index is 2.76. The van der Waals surface area contributed by atoms with Gasteiger partial charge in [-0.2, -0.15) is 0 Å².